The molecular weight excluding hydrogens is 466 g/mol. The molecule has 1 aliphatic heterocycles. The maximum atomic E-state index is 12.7. The van der Waals surface area contributed by atoms with E-state index in [1.807, 2.05) is 6.26 Å². The fourth-order valence-electron chi connectivity index (χ4n) is 3.11. The summed E-state index contributed by atoms with van der Waals surface area (Å²) in [6.45, 7) is 2.67. The zero-order valence-corrected chi connectivity index (χ0v) is 20.1. The predicted octanol–water partition coefficient (Wildman–Crippen LogP) is 1.30. The Bertz CT molecular complexity index is 964. The van der Waals surface area contributed by atoms with Crippen molar-refractivity contribution in [2.75, 3.05) is 50.3 Å². The van der Waals surface area contributed by atoms with E-state index in [0.29, 0.717) is 49.8 Å². The maximum absolute atomic E-state index is 12.7. The third kappa shape index (κ3) is 6.83. The van der Waals surface area contributed by atoms with Crippen molar-refractivity contribution in [2.45, 2.75) is 12.5 Å². The van der Waals surface area contributed by atoms with Crippen molar-refractivity contribution in [3.63, 3.8) is 0 Å². The molecule has 1 fully saturated rings. The van der Waals surface area contributed by atoms with Crippen molar-refractivity contribution in [3.8, 4) is 5.75 Å². The van der Waals surface area contributed by atoms with E-state index in [0.717, 1.165) is 5.13 Å². The minimum absolute atomic E-state index is 0.209. The summed E-state index contributed by atoms with van der Waals surface area (Å²) >= 11 is 2.91. The van der Waals surface area contributed by atoms with Gasteiger partial charge in [0.05, 0.1) is 25.9 Å². The molecule has 0 bridgehead atoms. The number of benzene rings is 1. The highest BCUT2D eigenvalue weighted by Gasteiger charge is 2.24. The van der Waals surface area contributed by atoms with Crippen LogP contribution in [0.15, 0.2) is 29.6 Å². The van der Waals surface area contributed by atoms with Crippen LogP contribution >= 0.6 is 23.1 Å². The van der Waals surface area contributed by atoms with Crippen LogP contribution < -0.4 is 25.8 Å². The standard InChI is InChI=1S/C21H27N5O5S2/c1-30-17-6-4-3-5-14(17)18(27)22-15(7-12-32-2)19(28)24-25-20(29)16-13-33-21(23-16)26-8-10-31-11-9-26/h3-6,13,15H,7-12H2,1-2H3,(H,22,27)(H,24,28)(H,25,29)/t15-/m0/s1. The van der Waals surface area contributed by atoms with E-state index in [2.05, 4.69) is 26.1 Å². The van der Waals surface area contributed by atoms with Gasteiger partial charge in [-0.15, -0.1) is 11.3 Å². The number of nitrogens with one attached hydrogen (secondary N) is 3. The summed E-state index contributed by atoms with van der Waals surface area (Å²) in [6.07, 6.45) is 2.30. The van der Waals surface area contributed by atoms with Gasteiger partial charge in [0.2, 0.25) is 0 Å². The Hall–Kier alpha value is -2.83. The van der Waals surface area contributed by atoms with Crippen LogP contribution in [0.1, 0.15) is 27.3 Å². The Kier molecular flexibility index (Phi) is 9.34. The predicted molar refractivity (Wildman–Crippen MR) is 128 cm³/mol. The Labute approximate surface area is 200 Å². The van der Waals surface area contributed by atoms with E-state index in [4.69, 9.17) is 9.47 Å². The number of rotatable bonds is 9. The Balaban J connectivity index is 1.58. The van der Waals surface area contributed by atoms with Gasteiger partial charge in [-0.05, 0) is 30.6 Å². The summed E-state index contributed by atoms with van der Waals surface area (Å²) in [5.41, 5.74) is 5.32. The molecule has 1 aliphatic rings. The fourth-order valence-corrected chi connectivity index (χ4v) is 4.44. The molecule has 0 unspecified atom stereocenters. The number of amides is 3. The molecule has 3 rings (SSSR count). The summed E-state index contributed by atoms with van der Waals surface area (Å²) < 4.78 is 10.6. The highest BCUT2D eigenvalue weighted by Crippen LogP contribution is 2.21. The molecule has 0 saturated carbocycles. The molecule has 33 heavy (non-hydrogen) atoms. The second kappa shape index (κ2) is 12.4. The summed E-state index contributed by atoms with van der Waals surface area (Å²) in [6, 6.07) is 5.92. The van der Waals surface area contributed by atoms with Crippen molar-refractivity contribution < 1.29 is 23.9 Å². The van der Waals surface area contributed by atoms with Crippen LogP contribution in [-0.2, 0) is 9.53 Å². The lowest BCUT2D eigenvalue weighted by Gasteiger charge is -2.25. The Morgan fingerprint density at radius 2 is 1.97 bits per heavy atom. The number of aromatic nitrogens is 1. The van der Waals surface area contributed by atoms with Gasteiger partial charge in [-0.2, -0.15) is 11.8 Å². The number of ether oxygens (including phenoxy) is 2. The summed E-state index contributed by atoms with van der Waals surface area (Å²) in [5.74, 6) is -0.433. The summed E-state index contributed by atoms with van der Waals surface area (Å²) in [4.78, 5) is 44.3. The quantitative estimate of drug-likeness (QED) is 0.447. The van der Waals surface area contributed by atoms with Crippen molar-refractivity contribution in [2.24, 2.45) is 0 Å². The van der Waals surface area contributed by atoms with Crippen LogP contribution in [-0.4, -0.2) is 74.2 Å². The molecular formula is C21H27N5O5S2. The number of thiazole rings is 1. The molecule has 2 heterocycles. The number of nitrogens with zero attached hydrogens (tertiary/aromatic N) is 2. The second-order valence-corrected chi connectivity index (χ2v) is 8.89. The van der Waals surface area contributed by atoms with Crippen LogP contribution in [0.2, 0.25) is 0 Å². The molecule has 12 heteroatoms. The number of carbonyl (C=O) groups is 3. The van der Waals surface area contributed by atoms with Crippen LogP contribution in [0.3, 0.4) is 0 Å². The molecule has 1 aromatic carbocycles. The molecule has 3 N–H and O–H groups in total. The fraction of sp³-hybridized carbons (Fsp3) is 0.429. The number of carbonyl (C=O) groups excluding carboxylic acids is 3. The van der Waals surface area contributed by atoms with E-state index in [-0.39, 0.29) is 5.69 Å². The van der Waals surface area contributed by atoms with Gasteiger partial charge in [-0.1, -0.05) is 12.1 Å². The van der Waals surface area contributed by atoms with Gasteiger partial charge in [-0.25, -0.2) is 4.98 Å². The highest BCUT2D eigenvalue weighted by molar-refractivity contribution is 7.98. The molecule has 3 amide bonds. The number of hydrogen-bond donors (Lipinski definition) is 3. The van der Waals surface area contributed by atoms with E-state index >= 15 is 0 Å². The van der Waals surface area contributed by atoms with Gasteiger partial charge in [0.15, 0.2) is 5.13 Å². The molecule has 2 aromatic rings. The smallest absolute Gasteiger partial charge is 0.289 e. The third-order valence-corrected chi connectivity index (χ3v) is 6.43. The number of para-hydroxylation sites is 1. The van der Waals surface area contributed by atoms with Gasteiger partial charge < -0.3 is 19.7 Å². The molecule has 0 aliphatic carbocycles. The Morgan fingerprint density at radius 3 is 2.70 bits per heavy atom. The van der Waals surface area contributed by atoms with Crippen LogP contribution in [0.25, 0.3) is 0 Å². The first-order valence-electron chi connectivity index (χ1n) is 10.3. The van der Waals surface area contributed by atoms with Gasteiger partial charge in [0.25, 0.3) is 17.7 Å². The first kappa shape index (κ1) is 24.8. The average Bonchev–Trinajstić information content (AvgIpc) is 3.35. The van der Waals surface area contributed by atoms with Crippen molar-refractivity contribution in [1.29, 1.82) is 0 Å². The normalized spacial score (nSPS) is 14.3. The molecule has 178 valence electrons. The minimum atomic E-state index is -0.838. The van der Waals surface area contributed by atoms with Crippen LogP contribution in [0.5, 0.6) is 5.75 Å². The van der Waals surface area contributed by atoms with E-state index < -0.39 is 23.8 Å². The van der Waals surface area contributed by atoms with Crippen LogP contribution in [0.4, 0.5) is 5.13 Å². The lowest BCUT2D eigenvalue weighted by atomic mass is 10.1. The lowest BCUT2D eigenvalue weighted by molar-refractivity contribution is -0.123. The van der Waals surface area contributed by atoms with Crippen LogP contribution in [0, 0.1) is 0 Å². The average molecular weight is 494 g/mol. The largest absolute Gasteiger partial charge is 0.496 e. The van der Waals surface area contributed by atoms with Crippen molar-refractivity contribution in [1.82, 2.24) is 21.2 Å². The molecule has 0 radical (unpaired) electrons. The zero-order chi connectivity index (χ0) is 23.6. The number of methoxy groups -OCH3 is 1. The maximum Gasteiger partial charge on any atom is 0.289 e. The highest BCUT2D eigenvalue weighted by atomic mass is 32.2. The molecule has 0 spiro atoms. The lowest BCUT2D eigenvalue weighted by Crippen LogP contribution is -2.52. The number of anilines is 1. The number of thioether (sulfide) groups is 1. The van der Waals surface area contributed by atoms with Gasteiger partial charge in [0.1, 0.15) is 17.5 Å². The van der Waals surface area contributed by atoms with Gasteiger partial charge >= 0.3 is 0 Å². The molecule has 1 atom stereocenters. The number of hydrogen-bond acceptors (Lipinski definition) is 9. The van der Waals surface area contributed by atoms with Crippen molar-refractivity contribution in [3.05, 3.63) is 40.9 Å². The van der Waals surface area contributed by atoms with Gasteiger partial charge in [0, 0.05) is 18.5 Å². The van der Waals surface area contributed by atoms with Crippen molar-refractivity contribution >= 4 is 46.0 Å². The molecule has 1 saturated heterocycles. The monoisotopic (exact) mass is 493 g/mol. The third-order valence-electron chi connectivity index (χ3n) is 4.89. The number of hydrazine groups is 1. The Morgan fingerprint density at radius 1 is 1.21 bits per heavy atom. The number of morpholine rings is 1. The van der Waals surface area contributed by atoms with E-state index in [1.165, 1.54) is 18.4 Å². The first-order chi connectivity index (χ1) is 16.0. The van der Waals surface area contributed by atoms with E-state index in [1.54, 1.807) is 41.4 Å². The molecule has 1 aromatic heterocycles. The minimum Gasteiger partial charge on any atom is -0.496 e. The van der Waals surface area contributed by atoms with Gasteiger partial charge in [-0.3, -0.25) is 25.2 Å². The SMILES string of the molecule is COc1ccccc1C(=O)N[C@@H](CCSC)C(=O)NNC(=O)c1csc(N2CCOCC2)n1. The first-order valence-corrected chi connectivity index (χ1v) is 12.6. The van der Waals surface area contributed by atoms with E-state index in [9.17, 15) is 14.4 Å². The summed E-state index contributed by atoms with van der Waals surface area (Å²) in [5, 5.41) is 5.10. The topological polar surface area (TPSA) is 122 Å². The second-order valence-electron chi connectivity index (χ2n) is 7.07. The molecule has 10 nitrogen and oxygen atoms in total. The summed E-state index contributed by atoms with van der Waals surface area (Å²) in [7, 11) is 1.47. The zero-order valence-electron chi connectivity index (χ0n) is 18.5.